The van der Waals surface area contributed by atoms with Crippen molar-refractivity contribution in [3.63, 3.8) is 0 Å². The number of hydrogen-bond donors (Lipinski definition) is 0. The molecule has 0 N–H and O–H groups in total. The number of aryl methyl sites for hydroxylation is 1. The predicted octanol–water partition coefficient (Wildman–Crippen LogP) is 3.25. The van der Waals surface area contributed by atoms with E-state index < -0.39 is 5.82 Å². The fourth-order valence-electron chi connectivity index (χ4n) is 1.34. The zero-order valence-electron chi connectivity index (χ0n) is 8.35. The van der Waals surface area contributed by atoms with E-state index in [0.29, 0.717) is 16.9 Å². The Morgan fingerprint density at radius 3 is 2.50 bits per heavy atom. The molecule has 0 atom stereocenters. The van der Waals surface area contributed by atoms with Gasteiger partial charge in [0.15, 0.2) is 11.5 Å². The van der Waals surface area contributed by atoms with Crippen molar-refractivity contribution in [3.05, 3.63) is 22.1 Å². The smallest absolute Gasteiger partial charge is 0.396 e. The molecule has 0 aliphatic heterocycles. The molecule has 3 nitrogen and oxygen atoms in total. The zero-order chi connectivity index (χ0) is 10.4. The van der Waals surface area contributed by atoms with Gasteiger partial charge in [-0.15, -0.1) is 0 Å². The minimum Gasteiger partial charge on any atom is -0.396 e. The van der Waals surface area contributed by atoms with Gasteiger partial charge in [0, 0.05) is 6.42 Å². The molecule has 1 aromatic heterocycles. The van der Waals surface area contributed by atoms with E-state index in [4.69, 9.17) is 8.83 Å². The Hall–Kier alpha value is -0.510. The van der Waals surface area contributed by atoms with Crippen LogP contribution >= 0.6 is 15.9 Å². The van der Waals surface area contributed by atoms with Crippen LogP contribution < -0.4 is 5.82 Å². The normalized spacial score (nSPS) is 10.7. The summed E-state index contributed by atoms with van der Waals surface area (Å²) in [5.74, 6) is 0.736. The fraction of sp³-hybridized carbons (Fsp3) is 0.700. The molecule has 80 valence electrons. The summed E-state index contributed by atoms with van der Waals surface area (Å²) in [5, 5.41) is 0.544. The van der Waals surface area contributed by atoms with Gasteiger partial charge >= 0.3 is 5.82 Å². The van der Waals surface area contributed by atoms with Crippen molar-refractivity contribution < 1.29 is 8.83 Å². The number of hydrogen-bond acceptors (Lipinski definition) is 3. The third-order valence-corrected chi connectivity index (χ3v) is 2.61. The Labute approximate surface area is 91.6 Å². The van der Waals surface area contributed by atoms with Gasteiger partial charge in [-0.1, -0.05) is 42.1 Å². The number of alkyl halides is 1. The van der Waals surface area contributed by atoms with E-state index in [-0.39, 0.29) is 0 Å². The molecular weight excluding hydrogens is 248 g/mol. The molecule has 4 heteroatoms. The first-order valence-corrected chi connectivity index (χ1v) is 6.07. The van der Waals surface area contributed by atoms with E-state index in [1.165, 1.54) is 19.3 Å². The number of halogens is 1. The Morgan fingerprint density at radius 1 is 1.14 bits per heavy atom. The van der Waals surface area contributed by atoms with E-state index in [2.05, 4.69) is 22.9 Å². The summed E-state index contributed by atoms with van der Waals surface area (Å²) >= 11 is 3.25. The van der Waals surface area contributed by atoms with Gasteiger partial charge < -0.3 is 8.83 Å². The van der Waals surface area contributed by atoms with Gasteiger partial charge in [0.2, 0.25) is 0 Å². The van der Waals surface area contributed by atoms with E-state index in [9.17, 15) is 4.79 Å². The van der Waals surface area contributed by atoms with E-state index in [1.807, 2.05) is 0 Å². The molecule has 0 saturated carbocycles. The summed E-state index contributed by atoms with van der Waals surface area (Å²) < 4.78 is 9.79. The van der Waals surface area contributed by atoms with E-state index in [0.717, 1.165) is 12.8 Å². The molecule has 0 bridgehead atoms. The van der Waals surface area contributed by atoms with Crippen molar-refractivity contribution >= 4 is 15.9 Å². The van der Waals surface area contributed by atoms with Crippen molar-refractivity contribution in [2.75, 3.05) is 0 Å². The summed E-state index contributed by atoms with van der Waals surface area (Å²) in [6.07, 6.45) is 5.46. The fourth-order valence-corrected chi connectivity index (χ4v) is 1.77. The second-order valence-corrected chi connectivity index (χ2v) is 3.81. The molecule has 1 rings (SSSR count). The summed E-state index contributed by atoms with van der Waals surface area (Å²) in [7, 11) is 0. The first-order chi connectivity index (χ1) is 6.77. The predicted molar refractivity (Wildman–Crippen MR) is 57.7 cm³/mol. The summed E-state index contributed by atoms with van der Waals surface area (Å²) in [6, 6.07) is 0. The Balaban J connectivity index is 2.45. The third kappa shape index (κ3) is 3.33. The van der Waals surface area contributed by atoms with Gasteiger partial charge in [0.1, 0.15) is 0 Å². The SMILES string of the molecule is CCCCCCc1oc(=O)oc1CBr. The third-order valence-electron chi connectivity index (χ3n) is 2.10. The second-order valence-electron chi connectivity index (χ2n) is 3.24. The molecule has 1 heterocycles. The van der Waals surface area contributed by atoms with Gasteiger partial charge in [0.25, 0.3) is 0 Å². The van der Waals surface area contributed by atoms with Crippen LogP contribution in [0.5, 0.6) is 0 Å². The van der Waals surface area contributed by atoms with Crippen LogP contribution in [0.4, 0.5) is 0 Å². The maximum Gasteiger partial charge on any atom is 0.519 e. The van der Waals surface area contributed by atoms with Crippen LogP contribution in [0.15, 0.2) is 13.6 Å². The van der Waals surface area contributed by atoms with Crippen molar-refractivity contribution in [1.29, 1.82) is 0 Å². The van der Waals surface area contributed by atoms with Gasteiger partial charge in [-0.3, -0.25) is 0 Å². The highest BCUT2D eigenvalue weighted by molar-refractivity contribution is 9.08. The Morgan fingerprint density at radius 2 is 1.86 bits per heavy atom. The Bertz CT molecular complexity index is 313. The van der Waals surface area contributed by atoms with Crippen molar-refractivity contribution in [3.8, 4) is 0 Å². The zero-order valence-corrected chi connectivity index (χ0v) is 9.93. The molecule has 0 fully saturated rings. The molecule has 0 spiro atoms. The highest BCUT2D eigenvalue weighted by Gasteiger charge is 2.10. The molecule has 14 heavy (non-hydrogen) atoms. The summed E-state index contributed by atoms with van der Waals surface area (Å²) in [6.45, 7) is 2.17. The minimum atomic E-state index is -0.593. The van der Waals surface area contributed by atoms with Crippen LogP contribution in [-0.4, -0.2) is 0 Å². The van der Waals surface area contributed by atoms with Crippen LogP contribution in [0.3, 0.4) is 0 Å². The molecule has 0 amide bonds. The minimum absolute atomic E-state index is 0.544. The van der Waals surface area contributed by atoms with E-state index >= 15 is 0 Å². The van der Waals surface area contributed by atoms with Crippen molar-refractivity contribution in [2.24, 2.45) is 0 Å². The van der Waals surface area contributed by atoms with Crippen LogP contribution in [0, 0.1) is 0 Å². The lowest BCUT2D eigenvalue weighted by Gasteiger charge is -1.96. The maximum atomic E-state index is 10.8. The Kier molecular flexibility index (Phi) is 5.01. The van der Waals surface area contributed by atoms with Gasteiger partial charge in [-0.25, -0.2) is 4.79 Å². The van der Waals surface area contributed by atoms with Crippen LogP contribution in [0.25, 0.3) is 0 Å². The quantitative estimate of drug-likeness (QED) is 0.584. The first-order valence-electron chi connectivity index (χ1n) is 4.95. The monoisotopic (exact) mass is 262 g/mol. The van der Waals surface area contributed by atoms with Gasteiger partial charge in [0.05, 0.1) is 5.33 Å². The topological polar surface area (TPSA) is 43.4 Å². The van der Waals surface area contributed by atoms with Crippen molar-refractivity contribution in [2.45, 2.75) is 44.4 Å². The highest BCUT2D eigenvalue weighted by Crippen LogP contribution is 2.14. The van der Waals surface area contributed by atoms with Gasteiger partial charge in [-0.05, 0) is 6.42 Å². The van der Waals surface area contributed by atoms with Gasteiger partial charge in [-0.2, -0.15) is 0 Å². The molecule has 0 aliphatic carbocycles. The standard InChI is InChI=1S/C10H15BrO3/c1-2-3-4-5-6-8-9(7-11)14-10(12)13-8/h2-7H2,1H3. The maximum absolute atomic E-state index is 10.8. The molecule has 0 aliphatic rings. The number of rotatable bonds is 6. The molecule has 0 saturated heterocycles. The lowest BCUT2D eigenvalue weighted by atomic mass is 10.1. The van der Waals surface area contributed by atoms with Crippen LogP contribution in [-0.2, 0) is 11.8 Å². The lowest BCUT2D eigenvalue weighted by molar-refractivity contribution is 0.367. The summed E-state index contributed by atoms with van der Waals surface area (Å²) in [4.78, 5) is 10.8. The average Bonchev–Trinajstić information content (AvgIpc) is 2.54. The average molecular weight is 263 g/mol. The molecule has 0 aromatic carbocycles. The second kappa shape index (κ2) is 6.06. The first kappa shape index (κ1) is 11.6. The summed E-state index contributed by atoms with van der Waals surface area (Å²) in [5.41, 5.74) is 0. The largest absolute Gasteiger partial charge is 0.519 e. The van der Waals surface area contributed by atoms with E-state index in [1.54, 1.807) is 0 Å². The molecule has 0 unspecified atom stereocenters. The van der Waals surface area contributed by atoms with Crippen molar-refractivity contribution in [1.82, 2.24) is 0 Å². The molecular formula is C10H15BrO3. The highest BCUT2D eigenvalue weighted by atomic mass is 79.9. The van der Waals surface area contributed by atoms with Crippen LogP contribution in [0.1, 0.15) is 44.1 Å². The molecule has 0 radical (unpaired) electrons. The van der Waals surface area contributed by atoms with Crippen LogP contribution in [0.2, 0.25) is 0 Å². The molecule has 1 aromatic rings. The number of unbranched alkanes of at least 4 members (excludes halogenated alkanes) is 3. The lowest BCUT2D eigenvalue weighted by Crippen LogP contribution is -1.88.